The van der Waals surface area contributed by atoms with Crippen LogP contribution in [0.1, 0.15) is 26.5 Å². The van der Waals surface area contributed by atoms with Crippen LogP contribution >= 0.6 is 22.6 Å². The zero-order chi connectivity index (χ0) is 9.35. The smallest absolute Gasteiger partial charge is 0.264 e. The number of nitrogens with zero attached hydrogens (tertiary/aromatic N) is 1. The first-order valence-corrected chi connectivity index (χ1v) is 4.74. The van der Waals surface area contributed by atoms with Crippen LogP contribution < -0.4 is 5.56 Å². The van der Waals surface area contributed by atoms with E-state index >= 15 is 0 Å². The highest BCUT2D eigenvalue weighted by molar-refractivity contribution is 14.1. The molecule has 1 aromatic rings. The van der Waals surface area contributed by atoms with Gasteiger partial charge in [0.15, 0.2) is 0 Å². The van der Waals surface area contributed by atoms with Crippen molar-refractivity contribution >= 4 is 22.6 Å². The maximum absolute atomic E-state index is 11.2. The monoisotopic (exact) mass is 278 g/mol. The van der Waals surface area contributed by atoms with Crippen molar-refractivity contribution in [2.75, 3.05) is 0 Å². The highest BCUT2D eigenvalue weighted by atomic mass is 127. The molecular weight excluding hydrogens is 267 g/mol. The summed E-state index contributed by atoms with van der Waals surface area (Å²) >= 11 is 2.02. The summed E-state index contributed by atoms with van der Waals surface area (Å²) < 4.78 is 0.683. The predicted octanol–water partition coefficient (Wildman–Crippen LogP) is 1.67. The minimum absolute atomic E-state index is 0.0597. The number of rotatable bonds is 0. The third-order valence-corrected chi connectivity index (χ3v) is 2.51. The van der Waals surface area contributed by atoms with E-state index in [1.165, 1.54) is 6.33 Å². The molecule has 0 bridgehead atoms. The number of halogens is 1. The fourth-order valence-electron chi connectivity index (χ4n) is 0.906. The Kier molecular flexibility index (Phi) is 2.55. The first kappa shape index (κ1) is 9.70. The van der Waals surface area contributed by atoms with Crippen LogP contribution in [0.4, 0.5) is 0 Å². The third kappa shape index (κ3) is 1.85. The highest BCUT2D eigenvalue weighted by Crippen LogP contribution is 2.21. The van der Waals surface area contributed by atoms with Crippen molar-refractivity contribution < 1.29 is 0 Å². The van der Waals surface area contributed by atoms with Crippen LogP contribution in [0.15, 0.2) is 11.1 Å². The summed E-state index contributed by atoms with van der Waals surface area (Å²) in [4.78, 5) is 17.9. The van der Waals surface area contributed by atoms with Gasteiger partial charge < -0.3 is 4.98 Å². The van der Waals surface area contributed by atoms with Crippen LogP contribution in [0, 0.1) is 3.57 Å². The first-order valence-electron chi connectivity index (χ1n) is 3.66. The number of aromatic amines is 1. The molecule has 1 rings (SSSR count). The molecular formula is C8H11IN2O. The van der Waals surface area contributed by atoms with Crippen molar-refractivity contribution in [2.45, 2.75) is 26.2 Å². The number of hydrogen-bond acceptors (Lipinski definition) is 2. The van der Waals surface area contributed by atoms with E-state index in [0.717, 1.165) is 5.69 Å². The summed E-state index contributed by atoms with van der Waals surface area (Å²) in [6.07, 6.45) is 1.45. The first-order chi connectivity index (χ1) is 5.43. The van der Waals surface area contributed by atoms with Crippen LogP contribution in [-0.2, 0) is 5.41 Å². The van der Waals surface area contributed by atoms with E-state index in [4.69, 9.17) is 0 Å². The minimum atomic E-state index is -0.0647. The molecule has 66 valence electrons. The van der Waals surface area contributed by atoms with E-state index in [0.29, 0.717) is 3.57 Å². The summed E-state index contributed by atoms with van der Waals surface area (Å²) in [5.41, 5.74) is 0.729. The fraction of sp³-hybridized carbons (Fsp3) is 0.500. The molecule has 1 N–H and O–H groups in total. The van der Waals surface area contributed by atoms with Gasteiger partial charge in [-0.2, -0.15) is 0 Å². The van der Waals surface area contributed by atoms with Gasteiger partial charge in [-0.1, -0.05) is 20.8 Å². The van der Waals surface area contributed by atoms with E-state index in [-0.39, 0.29) is 11.0 Å². The summed E-state index contributed by atoms with van der Waals surface area (Å²) in [7, 11) is 0. The molecule has 0 unspecified atom stereocenters. The highest BCUT2D eigenvalue weighted by Gasteiger charge is 2.19. The molecule has 0 aromatic carbocycles. The minimum Gasteiger partial charge on any atom is -0.312 e. The molecule has 1 aromatic heterocycles. The van der Waals surface area contributed by atoms with Crippen LogP contribution in [0.2, 0.25) is 0 Å². The van der Waals surface area contributed by atoms with Gasteiger partial charge in [0.05, 0.1) is 12.0 Å². The Morgan fingerprint density at radius 1 is 1.50 bits per heavy atom. The predicted molar refractivity (Wildman–Crippen MR) is 56.3 cm³/mol. The average Bonchev–Trinajstić information content (AvgIpc) is 1.92. The molecule has 0 aliphatic rings. The topological polar surface area (TPSA) is 45.8 Å². The molecule has 0 aliphatic heterocycles. The van der Waals surface area contributed by atoms with Gasteiger partial charge in [-0.15, -0.1) is 0 Å². The van der Waals surface area contributed by atoms with E-state index in [1.54, 1.807) is 0 Å². The summed E-state index contributed by atoms with van der Waals surface area (Å²) in [6, 6.07) is 0. The molecule has 1 heterocycles. The Morgan fingerprint density at radius 3 is 2.50 bits per heavy atom. The Morgan fingerprint density at radius 2 is 2.08 bits per heavy atom. The molecule has 0 radical (unpaired) electrons. The van der Waals surface area contributed by atoms with E-state index < -0.39 is 0 Å². The molecule has 3 nitrogen and oxygen atoms in total. The average molecular weight is 278 g/mol. The van der Waals surface area contributed by atoms with Crippen molar-refractivity contribution in [1.29, 1.82) is 0 Å². The van der Waals surface area contributed by atoms with Crippen molar-refractivity contribution in [2.24, 2.45) is 0 Å². The molecule has 0 spiro atoms. The molecule has 12 heavy (non-hydrogen) atoms. The maximum atomic E-state index is 11.2. The van der Waals surface area contributed by atoms with Crippen molar-refractivity contribution in [3.8, 4) is 0 Å². The second kappa shape index (κ2) is 3.16. The van der Waals surface area contributed by atoms with Crippen LogP contribution in [0.3, 0.4) is 0 Å². The van der Waals surface area contributed by atoms with Gasteiger partial charge in [0, 0.05) is 5.41 Å². The lowest BCUT2D eigenvalue weighted by molar-refractivity contribution is 0.561. The number of H-pyrrole nitrogens is 1. The standard InChI is InChI=1S/C8H11IN2O/c1-8(2,3)6-5(9)7(12)11-4-10-6/h4H,1-3H3,(H,10,11,12). The third-order valence-electron chi connectivity index (χ3n) is 1.51. The Balaban J connectivity index is 3.36. The van der Waals surface area contributed by atoms with Gasteiger partial charge in [-0.3, -0.25) is 4.79 Å². The van der Waals surface area contributed by atoms with Gasteiger partial charge in [-0.05, 0) is 22.6 Å². The van der Waals surface area contributed by atoms with E-state index in [9.17, 15) is 4.79 Å². The maximum Gasteiger partial charge on any atom is 0.264 e. The van der Waals surface area contributed by atoms with Crippen LogP contribution in [0.5, 0.6) is 0 Å². The van der Waals surface area contributed by atoms with Gasteiger partial charge in [0.2, 0.25) is 0 Å². The molecule has 0 amide bonds. The van der Waals surface area contributed by atoms with Crippen LogP contribution in [-0.4, -0.2) is 9.97 Å². The second-order valence-electron chi connectivity index (χ2n) is 3.64. The summed E-state index contributed by atoms with van der Waals surface area (Å²) in [5, 5.41) is 0. The Labute approximate surface area is 84.8 Å². The van der Waals surface area contributed by atoms with Crippen LogP contribution in [0.25, 0.3) is 0 Å². The zero-order valence-corrected chi connectivity index (χ0v) is 9.47. The number of aromatic nitrogens is 2. The lowest BCUT2D eigenvalue weighted by Crippen LogP contribution is -2.22. The zero-order valence-electron chi connectivity index (χ0n) is 7.31. The van der Waals surface area contributed by atoms with Gasteiger partial charge in [-0.25, -0.2) is 4.98 Å². The molecule has 0 aliphatic carbocycles. The fourth-order valence-corrected chi connectivity index (χ4v) is 2.01. The Hall–Kier alpha value is -0.390. The van der Waals surface area contributed by atoms with Gasteiger partial charge in [0.25, 0.3) is 5.56 Å². The summed E-state index contributed by atoms with van der Waals surface area (Å²) in [6.45, 7) is 6.12. The quantitative estimate of drug-likeness (QED) is 0.734. The molecule has 0 saturated heterocycles. The van der Waals surface area contributed by atoms with Crippen molar-refractivity contribution in [3.05, 3.63) is 25.9 Å². The second-order valence-corrected chi connectivity index (χ2v) is 4.72. The molecule has 4 heteroatoms. The SMILES string of the molecule is CC(C)(C)c1nc[nH]c(=O)c1I. The normalized spacial score (nSPS) is 11.7. The molecule has 0 fully saturated rings. The number of nitrogens with one attached hydrogen (secondary N) is 1. The largest absolute Gasteiger partial charge is 0.312 e. The van der Waals surface area contributed by atoms with Gasteiger partial charge >= 0.3 is 0 Å². The number of hydrogen-bond donors (Lipinski definition) is 1. The van der Waals surface area contributed by atoms with E-state index in [2.05, 4.69) is 9.97 Å². The van der Waals surface area contributed by atoms with Crippen molar-refractivity contribution in [3.63, 3.8) is 0 Å². The van der Waals surface area contributed by atoms with Crippen molar-refractivity contribution in [1.82, 2.24) is 9.97 Å². The lowest BCUT2D eigenvalue weighted by atomic mass is 9.92. The summed E-state index contributed by atoms with van der Waals surface area (Å²) in [5.74, 6) is 0. The van der Waals surface area contributed by atoms with Gasteiger partial charge in [0.1, 0.15) is 3.57 Å². The molecule has 0 saturated carbocycles. The Bertz CT molecular complexity index is 338. The lowest BCUT2D eigenvalue weighted by Gasteiger charge is -2.17. The molecule has 0 atom stereocenters. The van der Waals surface area contributed by atoms with E-state index in [1.807, 2.05) is 43.4 Å².